The lowest BCUT2D eigenvalue weighted by Gasteiger charge is -2.36. The lowest BCUT2D eigenvalue weighted by atomic mass is 10.1. The molecule has 0 unspecified atom stereocenters. The van der Waals surface area contributed by atoms with Crippen molar-refractivity contribution in [3.63, 3.8) is 0 Å². The lowest BCUT2D eigenvalue weighted by molar-refractivity contribution is 0.154. The molecular weight excluding hydrogens is 286 g/mol. The molecule has 5 nitrogen and oxygen atoms in total. The molecule has 6 heteroatoms. The van der Waals surface area contributed by atoms with Gasteiger partial charge in [0.1, 0.15) is 0 Å². The summed E-state index contributed by atoms with van der Waals surface area (Å²) in [6.07, 6.45) is 0. The predicted octanol–water partition coefficient (Wildman–Crippen LogP) is 1.17. The molecule has 1 aliphatic rings. The summed E-state index contributed by atoms with van der Waals surface area (Å²) in [6.45, 7) is 9.29. The second-order valence-corrected chi connectivity index (χ2v) is 7.76. The van der Waals surface area contributed by atoms with Crippen LogP contribution in [0.3, 0.4) is 0 Å². The molecule has 1 aromatic carbocycles. The van der Waals surface area contributed by atoms with Crippen LogP contribution in [0.25, 0.3) is 0 Å². The van der Waals surface area contributed by atoms with Crippen LogP contribution in [0.5, 0.6) is 0 Å². The Hall–Kier alpha value is -0.950. The highest BCUT2D eigenvalue weighted by Crippen LogP contribution is 2.21. The molecule has 1 saturated heterocycles. The van der Waals surface area contributed by atoms with Crippen LogP contribution in [0.2, 0.25) is 0 Å². The van der Waals surface area contributed by atoms with E-state index in [1.165, 1.54) is 0 Å². The molecule has 2 rings (SSSR count). The molecule has 0 spiro atoms. The van der Waals surface area contributed by atoms with Gasteiger partial charge >= 0.3 is 0 Å². The number of aryl methyl sites for hydroxylation is 1. The number of hydrogen-bond acceptors (Lipinski definition) is 4. The Morgan fingerprint density at radius 2 is 1.81 bits per heavy atom. The first kappa shape index (κ1) is 16.4. The third-order valence-electron chi connectivity index (χ3n) is 4.18. The van der Waals surface area contributed by atoms with Crippen molar-refractivity contribution in [2.45, 2.75) is 38.3 Å². The largest absolute Gasteiger partial charge is 0.326 e. The van der Waals surface area contributed by atoms with Crippen LogP contribution in [0.4, 0.5) is 0 Å². The SMILES string of the molecule is Cc1cc(S(=O)(=O)N2CCN(C(C)C)CC2)ccc1CN. The maximum Gasteiger partial charge on any atom is 0.243 e. The number of rotatable bonds is 4. The summed E-state index contributed by atoms with van der Waals surface area (Å²) in [4.78, 5) is 2.67. The van der Waals surface area contributed by atoms with Crippen LogP contribution >= 0.6 is 0 Å². The van der Waals surface area contributed by atoms with Gasteiger partial charge in [-0.05, 0) is 44.0 Å². The van der Waals surface area contributed by atoms with E-state index in [1.807, 2.05) is 13.0 Å². The molecule has 1 heterocycles. The summed E-state index contributed by atoms with van der Waals surface area (Å²) in [7, 11) is -3.39. The van der Waals surface area contributed by atoms with Gasteiger partial charge in [0.2, 0.25) is 10.0 Å². The van der Waals surface area contributed by atoms with E-state index in [9.17, 15) is 8.42 Å². The van der Waals surface area contributed by atoms with Crippen molar-refractivity contribution in [1.29, 1.82) is 0 Å². The predicted molar refractivity (Wildman–Crippen MR) is 84.5 cm³/mol. The van der Waals surface area contributed by atoms with Crippen molar-refractivity contribution in [2.24, 2.45) is 5.73 Å². The van der Waals surface area contributed by atoms with Crippen LogP contribution in [0.15, 0.2) is 23.1 Å². The molecule has 0 saturated carbocycles. The smallest absolute Gasteiger partial charge is 0.243 e. The number of hydrogen-bond donors (Lipinski definition) is 1. The highest BCUT2D eigenvalue weighted by molar-refractivity contribution is 7.89. The molecule has 0 amide bonds. The fraction of sp³-hybridized carbons (Fsp3) is 0.600. The monoisotopic (exact) mass is 311 g/mol. The Balaban J connectivity index is 2.17. The zero-order chi connectivity index (χ0) is 15.6. The number of piperazine rings is 1. The summed E-state index contributed by atoms with van der Waals surface area (Å²) in [5, 5.41) is 0. The van der Waals surface area contributed by atoms with Gasteiger partial charge in [0.25, 0.3) is 0 Å². The number of benzene rings is 1. The molecule has 0 bridgehead atoms. The topological polar surface area (TPSA) is 66.6 Å². The van der Waals surface area contributed by atoms with Gasteiger partial charge in [-0.25, -0.2) is 8.42 Å². The third-order valence-corrected chi connectivity index (χ3v) is 6.07. The van der Waals surface area contributed by atoms with Crippen LogP contribution in [-0.2, 0) is 16.6 Å². The molecule has 0 radical (unpaired) electrons. The number of sulfonamides is 1. The zero-order valence-corrected chi connectivity index (χ0v) is 13.9. The third kappa shape index (κ3) is 3.45. The van der Waals surface area contributed by atoms with Crippen molar-refractivity contribution in [3.8, 4) is 0 Å². The summed E-state index contributed by atoms with van der Waals surface area (Å²) < 4.78 is 27.0. The first-order chi connectivity index (χ1) is 9.86. The summed E-state index contributed by atoms with van der Waals surface area (Å²) in [5.41, 5.74) is 7.55. The van der Waals surface area contributed by atoms with Crippen molar-refractivity contribution in [2.75, 3.05) is 26.2 Å². The van der Waals surface area contributed by atoms with E-state index in [2.05, 4.69) is 18.7 Å². The van der Waals surface area contributed by atoms with Gasteiger partial charge in [0.05, 0.1) is 4.90 Å². The fourth-order valence-electron chi connectivity index (χ4n) is 2.67. The van der Waals surface area contributed by atoms with Gasteiger partial charge in [-0.2, -0.15) is 4.31 Å². The normalized spacial score (nSPS) is 18.3. The maximum absolute atomic E-state index is 12.7. The van der Waals surface area contributed by atoms with Gasteiger partial charge in [-0.3, -0.25) is 4.90 Å². The maximum atomic E-state index is 12.7. The van der Waals surface area contributed by atoms with Gasteiger partial charge in [-0.1, -0.05) is 6.07 Å². The Morgan fingerprint density at radius 3 is 2.29 bits per heavy atom. The Kier molecular flexibility index (Phi) is 5.03. The van der Waals surface area contributed by atoms with Crippen molar-refractivity contribution < 1.29 is 8.42 Å². The second kappa shape index (κ2) is 6.44. The van der Waals surface area contributed by atoms with E-state index in [0.717, 1.165) is 24.2 Å². The van der Waals surface area contributed by atoms with Crippen molar-refractivity contribution >= 4 is 10.0 Å². The van der Waals surface area contributed by atoms with E-state index in [4.69, 9.17) is 5.73 Å². The first-order valence-corrected chi connectivity index (χ1v) is 8.84. The quantitative estimate of drug-likeness (QED) is 0.906. The average molecular weight is 311 g/mol. The summed E-state index contributed by atoms with van der Waals surface area (Å²) >= 11 is 0. The van der Waals surface area contributed by atoms with Crippen LogP contribution in [-0.4, -0.2) is 49.8 Å². The van der Waals surface area contributed by atoms with Crippen molar-refractivity contribution in [1.82, 2.24) is 9.21 Å². The minimum atomic E-state index is -3.39. The van der Waals surface area contributed by atoms with Gasteiger partial charge in [0, 0.05) is 38.8 Å². The molecule has 21 heavy (non-hydrogen) atoms. The first-order valence-electron chi connectivity index (χ1n) is 7.40. The molecule has 1 aliphatic heterocycles. The highest BCUT2D eigenvalue weighted by Gasteiger charge is 2.29. The van der Waals surface area contributed by atoms with E-state index in [-0.39, 0.29) is 0 Å². The minimum Gasteiger partial charge on any atom is -0.326 e. The second-order valence-electron chi connectivity index (χ2n) is 5.83. The van der Waals surface area contributed by atoms with E-state index in [0.29, 0.717) is 30.6 Å². The molecular formula is C15H25N3O2S. The minimum absolute atomic E-state index is 0.371. The molecule has 0 aromatic heterocycles. The molecule has 2 N–H and O–H groups in total. The van der Waals surface area contributed by atoms with Gasteiger partial charge in [0.15, 0.2) is 0 Å². The summed E-state index contributed by atoms with van der Waals surface area (Å²) in [6, 6.07) is 5.67. The van der Waals surface area contributed by atoms with Crippen LogP contribution in [0.1, 0.15) is 25.0 Å². The molecule has 1 aromatic rings. The molecule has 118 valence electrons. The lowest BCUT2D eigenvalue weighted by Crippen LogP contribution is -2.50. The van der Waals surface area contributed by atoms with E-state index in [1.54, 1.807) is 16.4 Å². The Bertz CT molecular complexity index is 591. The molecule has 0 aliphatic carbocycles. The average Bonchev–Trinajstić information content (AvgIpc) is 2.47. The molecule has 1 fully saturated rings. The van der Waals surface area contributed by atoms with Crippen molar-refractivity contribution in [3.05, 3.63) is 29.3 Å². The Morgan fingerprint density at radius 1 is 1.19 bits per heavy atom. The number of nitrogens with zero attached hydrogens (tertiary/aromatic N) is 2. The van der Waals surface area contributed by atoms with E-state index < -0.39 is 10.0 Å². The van der Waals surface area contributed by atoms with Gasteiger partial charge in [-0.15, -0.1) is 0 Å². The fourth-order valence-corrected chi connectivity index (χ4v) is 4.18. The standard InChI is InChI=1S/C15H25N3O2S/c1-12(2)17-6-8-18(9-7-17)21(19,20)15-5-4-14(11-16)13(3)10-15/h4-5,10,12H,6-9,11,16H2,1-3H3. The highest BCUT2D eigenvalue weighted by atomic mass is 32.2. The van der Waals surface area contributed by atoms with Gasteiger partial charge < -0.3 is 5.73 Å². The number of nitrogens with two attached hydrogens (primary N) is 1. The molecule has 0 atom stereocenters. The van der Waals surface area contributed by atoms with Crippen LogP contribution < -0.4 is 5.73 Å². The summed E-state index contributed by atoms with van der Waals surface area (Å²) in [5.74, 6) is 0. The van der Waals surface area contributed by atoms with Crippen LogP contribution in [0, 0.1) is 6.92 Å². The zero-order valence-electron chi connectivity index (χ0n) is 13.0. The van der Waals surface area contributed by atoms with E-state index >= 15 is 0 Å². The Labute approximate surface area is 127 Å².